The van der Waals surface area contributed by atoms with Crippen molar-refractivity contribution >= 4 is 28.8 Å². The van der Waals surface area contributed by atoms with Crippen molar-refractivity contribution in [3.63, 3.8) is 0 Å². The number of alkyl halides is 3. The maximum Gasteiger partial charge on any atom is 0.395 e. The fourth-order valence-electron chi connectivity index (χ4n) is 4.68. The molecule has 3 atom stereocenters. The summed E-state index contributed by atoms with van der Waals surface area (Å²) < 4.78 is 55.2. The summed E-state index contributed by atoms with van der Waals surface area (Å²) in [5, 5.41) is 10.8. The molecule has 1 N–H and O–H groups in total. The number of rotatable bonds is 6. The average Bonchev–Trinajstić information content (AvgIpc) is 3.37. The van der Waals surface area contributed by atoms with Crippen LogP contribution in [0.5, 0.6) is 5.75 Å². The van der Waals surface area contributed by atoms with Gasteiger partial charge in [0.15, 0.2) is 5.65 Å². The fourth-order valence-corrected chi connectivity index (χ4v) is 4.86. The van der Waals surface area contributed by atoms with Gasteiger partial charge in [-0.3, -0.25) is 18.6 Å². The Morgan fingerprint density at radius 1 is 1.23 bits per heavy atom. The molecule has 0 saturated carbocycles. The van der Waals surface area contributed by atoms with E-state index in [0.717, 1.165) is 4.57 Å². The molecule has 0 saturated heterocycles. The number of halogens is 4. The second-order valence-corrected chi connectivity index (χ2v) is 10.1. The molecule has 40 heavy (non-hydrogen) atoms. The lowest BCUT2D eigenvalue weighted by Gasteiger charge is -2.28. The lowest BCUT2D eigenvalue weighted by Crippen LogP contribution is -2.36. The van der Waals surface area contributed by atoms with Gasteiger partial charge < -0.3 is 14.8 Å². The van der Waals surface area contributed by atoms with Gasteiger partial charge in [0.1, 0.15) is 24.7 Å². The van der Waals surface area contributed by atoms with Crippen molar-refractivity contribution in [3.05, 3.63) is 76.1 Å². The van der Waals surface area contributed by atoms with Crippen LogP contribution in [-0.2, 0) is 16.0 Å². The first kappa shape index (κ1) is 27.7. The van der Waals surface area contributed by atoms with E-state index in [1.807, 2.05) is 0 Å². The van der Waals surface area contributed by atoms with Crippen molar-refractivity contribution in [2.75, 3.05) is 19.0 Å². The summed E-state index contributed by atoms with van der Waals surface area (Å²) in [6.45, 7) is 1.09. The maximum absolute atomic E-state index is 13.8. The first-order valence-corrected chi connectivity index (χ1v) is 12.8. The Labute approximate surface area is 231 Å². The van der Waals surface area contributed by atoms with E-state index in [1.54, 1.807) is 29.7 Å². The number of carbonyl (C=O) groups excluding carboxylic acids is 1. The number of pyridine rings is 2. The maximum atomic E-state index is 13.8. The third kappa shape index (κ3) is 5.68. The summed E-state index contributed by atoms with van der Waals surface area (Å²) in [4.78, 5) is 27.0. The van der Waals surface area contributed by atoms with E-state index >= 15 is 0 Å². The molecule has 0 fully saturated rings. The number of hydrogen-bond donors (Lipinski definition) is 1. The first-order valence-electron chi connectivity index (χ1n) is 12.4. The molecule has 3 aromatic heterocycles. The highest BCUT2D eigenvalue weighted by Crippen LogP contribution is 2.40. The van der Waals surface area contributed by atoms with Crippen molar-refractivity contribution in [2.24, 2.45) is 5.92 Å². The molecular weight excluding hydrogens is 551 g/mol. The number of fused-ring (bicyclic) bond motifs is 4. The summed E-state index contributed by atoms with van der Waals surface area (Å²) in [6, 6.07) is 8.06. The van der Waals surface area contributed by atoms with Gasteiger partial charge in [0.25, 0.3) is 5.56 Å². The number of nitrogens with zero attached hydrogens (tertiary/aromatic N) is 4. The minimum absolute atomic E-state index is 0.0332. The predicted molar refractivity (Wildman–Crippen MR) is 142 cm³/mol. The van der Waals surface area contributed by atoms with Gasteiger partial charge in [-0.15, -0.1) is 10.2 Å². The van der Waals surface area contributed by atoms with Gasteiger partial charge in [-0.1, -0.05) is 17.7 Å². The van der Waals surface area contributed by atoms with Crippen LogP contribution in [0.4, 0.5) is 18.9 Å². The second-order valence-electron chi connectivity index (χ2n) is 9.65. The highest BCUT2D eigenvalue weighted by molar-refractivity contribution is 6.30. The van der Waals surface area contributed by atoms with Crippen LogP contribution in [0.1, 0.15) is 24.9 Å². The van der Waals surface area contributed by atoms with Crippen LogP contribution in [0.25, 0.3) is 16.8 Å². The van der Waals surface area contributed by atoms with Crippen LogP contribution in [-0.4, -0.2) is 51.1 Å². The van der Waals surface area contributed by atoms with Crippen molar-refractivity contribution in [1.82, 2.24) is 19.2 Å². The Hall–Kier alpha value is -3.90. The molecule has 4 heterocycles. The number of nitrogens with one attached hydrogen (secondary N) is 1. The zero-order chi connectivity index (χ0) is 28.6. The smallest absolute Gasteiger partial charge is 0.395 e. The number of methoxy groups -OCH3 is 1. The lowest BCUT2D eigenvalue weighted by atomic mass is 9.91. The molecule has 4 aromatic rings. The van der Waals surface area contributed by atoms with E-state index in [0.29, 0.717) is 33.0 Å². The number of hydrogen-bond acceptors (Lipinski definition) is 6. The predicted octanol–water partition coefficient (Wildman–Crippen LogP) is 4.93. The molecule has 5 rings (SSSR count). The number of carbonyl (C=O) groups is 1. The number of ether oxygens (including phenoxy) is 2. The molecule has 0 spiro atoms. The number of anilines is 1. The van der Waals surface area contributed by atoms with Crippen LogP contribution in [0.15, 0.2) is 59.9 Å². The standard InChI is InChI=1S/C27H25ClF3N5O4/c1-15(39-2)7-22(26(38)33-19-5-6-24-34-32-14-35(24)11-19)36-12-23-21(10-25(36)37)20-9-18(28)4-3-16(20)8-17(13-40-23)27(29,30)31/h3-6,9-12,14-15,17,22H,7-8,13H2,1-2H3,(H,33,38)/t15-,17+,22?/m0/s1. The zero-order valence-electron chi connectivity index (χ0n) is 21.5. The third-order valence-electron chi connectivity index (χ3n) is 6.93. The Bertz CT molecular complexity index is 1620. The number of benzene rings is 1. The van der Waals surface area contributed by atoms with Gasteiger partial charge in [0, 0.05) is 36.4 Å². The molecule has 1 amide bonds. The fraction of sp³-hybridized carbons (Fsp3) is 0.333. The summed E-state index contributed by atoms with van der Waals surface area (Å²) in [7, 11) is 1.48. The van der Waals surface area contributed by atoms with Crippen molar-refractivity contribution in [3.8, 4) is 16.9 Å². The normalized spacial score (nSPS) is 16.7. The molecule has 0 aliphatic carbocycles. The summed E-state index contributed by atoms with van der Waals surface area (Å²) in [5.74, 6) is -2.27. The van der Waals surface area contributed by atoms with Gasteiger partial charge in [0.05, 0.1) is 23.9 Å². The molecule has 0 bridgehead atoms. The molecule has 1 aromatic carbocycles. The van der Waals surface area contributed by atoms with E-state index < -0.39 is 42.3 Å². The number of aromatic nitrogens is 4. The minimum atomic E-state index is -4.51. The van der Waals surface area contributed by atoms with Gasteiger partial charge in [-0.05, 0) is 48.7 Å². The second kappa shape index (κ2) is 10.9. The molecular formula is C27H25ClF3N5O4. The molecule has 1 aliphatic rings. The van der Waals surface area contributed by atoms with Gasteiger partial charge in [-0.2, -0.15) is 13.2 Å². The van der Waals surface area contributed by atoms with Gasteiger partial charge in [0.2, 0.25) is 5.91 Å². The quantitative estimate of drug-likeness (QED) is 0.350. The monoisotopic (exact) mass is 575 g/mol. The van der Waals surface area contributed by atoms with Gasteiger partial charge >= 0.3 is 6.18 Å². The molecule has 9 nitrogen and oxygen atoms in total. The molecule has 1 aliphatic heterocycles. The summed E-state index contributed by atoms with van der Waals surface area (Å²) in [6.07, 6.45) is -0.782. The molecule has 0 radical (unpaired) electrons. The van der Waals surface area contributed by atoms with Crippen molar-refractivity contribution in [1.29, 1.82) is 0 Å². The average molecular weight is 576 g/mol. The van der Waals surface area contributed by atoms with E-state index in [1.165, 1.54) is 43.9 Å². The molecule has 210 valence electrons. The van der Waals surface area contributed by atoms with E-state index in [4.69, 9.17) is 21.1 Å². The Morgan fingerprint density at radius 3 is 2.77 bits per heavy atom. The minimum Gasteiger partial charge on any atom is -0.491 e. The Morgan fingerprint density at radius 2 is 2.02 bits per heavy atom. The van der Waals surface area contributed by atoms with E-state index in [9.17, 15) is 22.8 Å². The van der Waals surface area contributed by atoms with Crippen LogP contribution in [0, 0.1) is 5.92 Å². The molecule has 1 unspecified atom stereocenters. The Kier molecular flexibility index (Phi) is 7.56. The Balaban J connectivity index is 1.57. The zero-order valence-corrected chi connectivity index (χ0v) is 22.2. The third-order valence-corrected chi connectivity index (χ3v) is 7.16. The highest BCUT2D eigenvalue weighted by Gasteiger charge is 2.41. The summed E-state index contributed by atoms with van der Waals surface area (Å²) in [5.41, 5.74) is 1.53. The highest BCUT2D eigenvalue weighted by atomic mass is 35.5. The van der Waals surface area contributed by atoms with E-state index in [-0.39, 0.29) is 18.6 Å². The topological polar surface area (TPSA) is 99.7 Å². The summed E-state index contributed by atoms with van der Waals surface area (Å²) >= 11 is 6.18. The first-order chi connectivity index (χ1) is 19.0. The number of amides is 1. The van der Waals surface area contributed by atoms with Gasteiger partial charge in [-0.25, -0.2) is 0 Å². The van der Waals surface area contributed by atoms with Crippen LogP contribution < -0.4 is 15.6 Å². The van der Waals surface area contributed by atoms with Crippen LogP contribution in [0.3, 0.4) is 0 Å². The lowest BCUT2D eigenvalue weighted by molar-refractivity contribution is -0.181. The van der Waals surface area contributed by atoms with Crippen molar-refractivity contribution < 1.29 is 27.4 Å². The van der Waals surface area contributed by atoms with E-state index in [2.05, 4.69) is 15.5 Å². The SMILES string of the molecule is CO[C@@H](C)CC(C(=O)Nc1ccc2nncn2c1)n1cc2c(cc1=O)-c1cc(Cl)ccc1C[C@@H](C(F)(F)F)CO2. The van der Waals surface area contributed by atoms with Crippen LogP contribution in [0.2, 0.25) is 5.02 Å². The molecule has 13 heteroatoms. The largest absolute Gasteiger partial charge is 0.491 e. The van der Waals surface area contributed by atoms with Crippen LogP contribution >= 0.6 is 11.6 Å². The van der Waals surface area contributed by atoms with Crippen molar-refractivity contribution in [2.45, 2.75) is 38.1 Å².